The number of hydrogen-bond acceptors (Lipinski definition) is 5. The molecule has 0 aromatic heterocycles. The SMILES string of the molecule is CCCOCCCC1=CC(O)OC2NC(=O)NC(=O)C12. The monoisotopic (exact) mass is 284 g/mol. The molecule has 2 aliphatic heterocycles. The van der Waals surface area contributed by atoms with Gasteiger partial charge in [-0.3, -0.25) is 10.1 Å². The Morgan fingerprint density at radius 1 is 1.40 bits per heavy atom. The van der Waals surface area contributed by atoms with Crippen LogP contribution >= 0.6 is 0 Å². The third-order valence-corrected chi connectivity index (χ3v) is 3.24. The molecule has 0 radical (unpaired) electrons. The van der Waals surface area contributed by atoms with E-state index >= 15 is 0 Å². The van der Waals surface area contributed by atoms with Gasteiger partial charge in [0, 0.05) is 13.2 Å². The summed E-state index contributed by atoms with van der Waals surface area (Å²) in [7, 11) is 0. The van der Waals surface area contributed by atoms with E-state index in [1.54, 1.807) is 0 Å². The molecule has 112 valence electrons. The van der Waals surface area contributed by atoms with E-state index in [9.17, 15) is 14.7 Å². The molecule has 0 spiro atoms. The Morgan fingerprint density at radius 2 is 2.20 bits per heavy atom. The van der Waals surface area contributed by atoms with Crippen LogP contribution in [0.25, 0.3) is 0 Å². The zero-order valence-corrected chi connectivity index (χ0v) is 11.4. The molecule has 1 saturated heterocycles. The molecule has 7 nitrogen and oxygen atoms in total. The van der Waals surface area contributed by atoms with Gasteiger partial charge in [0.1, 0.15) is 12.1 Å². The van der Waals surface area contributed by atoms with Crippen molar-refractivity contribution in [2.75, 3.05) is 13.2 Å². The number of aliphatic hydroxyl groups is 1. The molecule has 2 aliphatic rings. The van der Waals surface area contributed by atoms with Gasteiger partial charge in [-0.2, -0.15) is 0 Å². The van der Waals surface area contributed by atoms with Crippen molar-refractivity contribution in [3.63, 3.8) is 0 Å². The molecule has 2 heterocycles. The van der Waals surface area contributed by atoms with Gasteiger partial charge in [0.05, 0.1) is 0 Å². The Kier molecular flexibility index (Phi) is 5.11. The molecule has 3 amide bonds. The molecule has 2 rings (SSSR count). The second-order valence-electron chi connectivity index (χ2n) is 4.85. The highest BCUT2D eigenvalue weighted by molar-refractivity contribution is 5.99. The van der Waals surface area contributed by atoms with Crippen molar-refractivity contribution in [3.8, 4) is 0 Å². The zero-order valence-electron chi connectivity index (χ0n) is 11.4. The second kappa shape index (κ2) is 6.83. The van der Waals surface area contributed by atoms with Gasteiger partial charge in [-0.15, -0.1) is 0 Å². The number of ether oxygens (including phenoxy) is 2. The zero-order chi connectivity index (χ0) is 14.5. The third kappa shape index (κ3) is 3.56. The highest BCUT2D eigenvalue weighted by Crippen LogP contribution is 2.29. The summed E-state index contributed by atoms with van der Waals surface area (Å²) in [6.07, 6.45) is 1.96. The van der Waals surface area contributed by atoms with Crippen molar-refractivity contribution in [2.24, 2.45) is 5.92 Å². The van der Waals surface area contributed by atoms with Crippen molar-refractivity contribution in [1.82, 2.24) is 10.6 Å². The van der Waals surface area contributed by atoms with E-state index in [4.69, 9.17) is 9.47 Å². The third-order valence-electron chi connectivity index (χ3n) is 3.24. The number of carbonyl (C=O) groups excluding carboxylic acids is 2. The molecular weight excluding hydrogens is 264 g/mol. The summed E-state index contributed by atoms with van der Waals surface area (Å²) in [5.41, 5.74) is 0.770. The maximum absolute atomic E-state index is 11.9. The molecular formula is C13H20N2O5. The van der Waals surface area contributed by atoms with Gasteiger partial charge in [-0.05, 0) is 25.3 Å². The normalized spacial score (nSPS) is 29.3. The minimum atomic E-state index is -1.10. The van der Waals surface area contributed by atoms with Crippen LogP contribution in [0.3, 0.4) is 0 Å². The van der Waals surface area contributed by atoms with Crippen LogP contribution in [-0.4, -0.2) is 42.8 Å². The minimum Gasteiger partial charge on any atom is -0.381 e. The lowest BCUT2D eigenvalue weighted by Crippen LogP contribution is -2.61. The maximum atomic E-state index is 11.9. The topological polar surface area (TPSA) is 96.9 Å². The summed E-state index contributed by atoms with van der Waals surface area (Å²) in [6, 6.07) is -0.601. The van der Waals surface area contributed by atoms with Gasteiger partial charge >= 0.3 is 6.03 Å². The average molecular weight is 284 g/mol. The van der Waals surface area contributed by atoms with Crippen molar-refractivity contribution >= 4 is 11.9 Å². The molecule has 3 unspecified atom stereocenters. The number of carbonyl (C=O) groups is 2. The van der Waals surface area contributed by atoms with E-state index in [0.717, 1.165) is 18.4 Å². The fraction of sp³-hybridized carbons (Fsp3) is 0.692. The number of urea groups is 1. The van der Waals surface area contributed by atoms with Crippen LogP contribution in [0.1, 0.15) is 26.2 Å². The van der Waals surface area contributed by atoms with Gasteiger partial charge in [0.15, 0.2) is 6.29 Å². The second-order valence-corrected chi connectivity index (χ2v) is 4.85. The smallest absolute Gasteiger partial charge is 0.323 e. The number of nitrogens with one attached hydrogen (secondary N) is 2. The summed E-state index contributed by atoms with van der Waals surface area (Å²) < 4.78 is 10.6. The number of amides is 3. The van der Waals surface area contributed by atoms with E-state index in [1.165, 1.54) is 6.08 Å². The Labute approximate surface area is 117 Å². The van der Waals surface area contributed by atoms with Crippen molar-refractivity contribution in [1.29, 1.82) is 0 Å². The first-order chi connectivity index (χ1) is 9.61. The lowest BCUT2D eigenvalue weighted by atomic mass is 9.89. The van der Waals surface area contributed by atoms with Gasteiger partial charge < -0.3 is 19.9 Å². The van der Waals surface area contributed by atoms with Crippen LogP contribution in [0.15, 0.2) is 11.6 Å². The van der Waals surface area contributed by atoms with Gasteiger partial charge in [-0.1, -0.05) is 12.5 Å². The minimum absolute atomic E-state index is 0.397. The quantitative estimate of drug-likeness (QED) is 0.480. The van der Waals surface area contributed by atoms with E-state index in [0.29, 0.717) is 19.6 Å². The summed E-state index contributed by atoms with van der Waals surface area (Å²) in [5.74, 6) is -0.978. The summed E-state index contributed by atoms with van der Waals surface area (Å²) in [4.78, 5) is 23.1. The van der Waals surface area contributed by atoms with Crippen LogP contribution in [0.2, 0.25) is 0 Å². The summed E-state index contributed by atoms with van der Waals surface area (Å²) >= 11 is 0. The molecule has 0 saturated carbocycles. The van der Waals surface area contributed by atoms with E-state index < -0.39 is 30.4 Å². The van der Waals surface area contributed by atoms with Crippen LogP contribution in [0.5, 0.6) is 0 Å². The average Bonchev–Trinajstić information content (AvgIpc) is 2.36. The predicted octanol–water partition coefficient (Wildman–Crippen LogP) is 0.250. The van der Waals surface area contributed by atoms with E-state index in [1.807, 2.05) is 6.92 Å². The molecule has 1 fully saturated rings. The Morgan fingerprint density at radius 3 is 2.95 bits per heavy atom. The first-order valence-corrected chi connectivity index (χ1v) is 6.85. The standard InChI is InChI=1S/C13H20N2O5/c1-2-5-19-6-3-4-8-7-9(16)20-12-10(8)11(17)14-13(18)15-12/h7,9-10,12,16H,2-6H2,1H3,(H2,14,15,17,18). The lowest BCUT2D eigenvalue weighted by molar-refractivity contribution is -0.155. The van der Waals surface area contributed by atoms with Crippen molar-refractivity contribution in [3.05, 3.63) is 11.6 Å². The van der Waals surface area contributed by atoms with Gasteiger partial charge in [0.2, 0.25) is 5.91 Å². The largest absolute Gasteiger partial charge is 0.381 e. The molecule has 3 N–H and O–H groups in total. The fourth-order valence-corrected chi connectivity index (χ4v) is 2.39. The number of aliphatic hydroxyl groups excluding tert-OH is 1. The fourth-order valence-electron chi connectivity index (χ4n) is 2.39. The molecule has 7 heteroatoms. The molecule has 20 heavy (non-hydrogen) atoms. The van der Waals surface area contributed by atoms with E-state index in [2.05, 4.69) is 10.6 Å². The Bertz CT molecular complexity index is 410. The molecule has 0 aromatic rings. The van der Waals surface area contributed by atoms with Crippen LogP contribution in [0.4, 0.5) is 4.79 Å². The Hall–Kier alpha value is -1.44. The summed E-state index contributed by atoms with van der Waals surface area (Å²) in [5, 5.41) is 14.3. The highest BCUT2D eigenvalue weighted by atomic mass is 16.6. The van der Waals surface area contributed by atoms with Gasteiger partial charge in [-0.25, -0.2) is 4.79 Å². The van der Waals surface area contributed by atoms with E-state index in [-0.39, 0.29) is 0 Å². The summed E-state index contributed by atoms with van der Waals surface area (Å²) in [6.45, 7) is 3.36. The number of fused-ring (bicyclic) bond motifs is 1. The molecule has 3 atom stereocenters. The number of hydrogen-bond donors (Lipinski definition) is 3. The van der Waals surface area contributed by atoms with Crippen LogP contribution < -0.4 is 10.6 Å². The van der Waals surface area contributed by atoms with Crippen LogP contribution in [-0.2, 0) is 14.3 Å². The van der Waals surface area contributed by atoms with Gasteiger partial charge in [0.25, 0.3) is 0 Å². The lowest BCUT2D eigenvalue weighted by Gasteiger charge is -2.37. The number of rotatable bonds is 6. The molecule has 0 bridgehead atoms. The van der Waals surface area contributed by atoms with Crippen molar-refractivity contribution < 1.29 is 24.2 Å². The maximum Gasteiger partial charge on any atom is 0.323 e. The Balaban J connectivity index is 1.95. The highest BCUT2D eigenvalue weighted by Gasteiger charge is 2.42. The first-order valence-electron chi connectivity index (χ1n) is 6.85. The van der Waals surface area contributed by atoms with Crippen LogP contribution in [0, 0.1) is 5.92 Å². The molecule has 0 aromatic carbocycles. The van der Waals surface area contributed by atoms with Crippen molar-refractivity contribution in [2.45, 2.75) is 38.7 Å². The predicted molar refractivity (Wildman–Crippen MR) is 69.5 cm³/mol. The first kappa shape index (κ1) is 15.0. The molecule has 0 aliphatic carbocycles. The number of imide groups is 1.